The van der Waals surface area contributed by atoms with E-state index in [1.165, 1.54) is 0 Å². The average Bonchev–Trinajstić information content (AvgIpc) is 3.20. The van der Waals surface area contributed by atoms with Gasteiger partial charge in [0.2, 0.25) is 0 Å². The van der Waals surface area contributed by atoms with Crippen LogP contribution < -0.4 is 10.9 Å². The van der Waals surface area contributed by atoms with Crippen LogP contribution in [-0.2, 0) is 37.9 Å². The summed E-state index contributed by atoms with van der Waals surface area (Å²) in [7, 11) is -5.06. The Hall–Kier alpha value is -1.59. The van der Waals surface area contributed by atoms with E-state index in [0.717, 1.165) is 0 Å². The number of carbonyl (C=O) groups is 1. The quantitative estimate of drug-likeness (QED) is 0.287. The minimum atomic E-state index is -3.53. The van der Waals surface area contributed by atoms with Gasteiger partial charge in [-0.15, -0.1) is 0 Å². The van der Waals surface area contributed by atoms with Crippen molar-refractivity contribution in [2.75, 3.05) is 6.54 Å². The first-order chi connectivity index (χ1) is 19.4. The highest BCUT2D eigenvalue weighted by Crippen LogP contribution is 2.38. The Morgan fingerprint density at radius 3 is 1.42 bits per heavy atom. The molecule has 0 aromatic heterocycles. The normalized spacial score (nSPS) is 20.8. The Morgan fingerprint density at radius 2 is 1.09 bits per heavy atom. The van der Waals surface area contributed by atoms with Gasteiger partial charge in [-0.25, -0.2) is 8.57 Å². The molecule has 0 bridgehead atoms. The summed E-state index contributed by atoms with van der Waals surface area (Å²) >= 11 is 13.2. The smallest absolute Gasteiger partial charge is 0.459 e. The molecule has 43 heavy (non-hydrogen) atoms. The number of nitrogens with zero attached hydrogens (tertiary/aromatic N) is 1. The zero-order valence-corrected chi connectivity index (χ0v) is 29.1. The van der Waals surface area contributed by atoms with Crippen LogP contribution in [0.3, 0.4) is 0 Å². The second-order valence-corrected chi connectivity index (χ2v) is 17.1. The molecule has 8 nitrogen and oxygen atoms in total. The Balaban J connectivity index is 1.86. The van der Waals surface area contributed by atoms with Crippen LogP contribution in [0.5, 0.6) is 0 Å². The summed E-state index contributed by atoms with van der Waals surface area (Å²) in [5, 5.41) is 0.603. The van der Waals surface area contributed by atoms with E-state index < -0.39 is 64.5 Å². The molecule has 0 atom stereocenters. The molecule has 0 spiro atoms. The number of rotatable bonds is 6. The molecule has 234 valence electrons. The van der Waals surface area contributed by atoms with Crippen molar-refractivity contribution < 1.29 is 32.4 Å². The number of hydrogen-bond donors (Lipinski definition) is 0. The van der Waals surface area contributed by atoms with Crippen LogP contribution in [0.2, 0.25) is 10.0 Å². The SMILES string of the molecule is CC(C)(C)OC(=O)CN=S(=O)(c1cc(Cl)cc(B2OC(C)(C)C(C)(C)O2)c1)c1cc(Cl)cc(B2OC(C)(C)C(C)(C)O2)c1. The molecular weight excluding hydrogens is 611 g/mol. The maximum Gasteiger partial charge on any atom is 0.494 e. The Labute approximate surface area is 266 Å². The topological polar surface area (TPSA) is 92.7 Å². The van der Waals surface area contributed by atoms with Gasteiger partial charge in [0, 0.05) is 10.0 Å². The number of ether oxygens (including phenoxy) is 1. The van der Waals surface area contributed by atoms with Gasteiger partial charge in [-0.2, -0.15) is 0 Å². The monoisotopic (exact) mass is 651 g/mol. The highest BCUT2D eigenvalue weighted by Gasteiger charge is 2.53. The van der Waals surface area contributed by atoms with E-state index in [9.17, 15) is 4.79 Å². The molecular formula is C30H41B2Cl2NO7S. The highest BCUT2D eigenvalue weighted by molar-refractivity contribution is 7.93. The molecule has 2 aromatic carbocycles. The molecule has 0 amide bonds. The van der Waals surface area contributed by atoms with Crippen molar-refractivity contribution in [1.29, 1.82) is 0 Å². The molecule has 2 fully saturated rings. The lowest BCUT2D eigenvalue weighted by atomic mass is 9.79. The summed E-state index contributed by atoms with van der Waals surface area (Å²) in [6.07, 6.45) is 0. The van der Waals surface area contributed by atoms with Crippen molar-refractivity contribution in [2.24, 2.45) is 4.36 Å². The van der Waals surface area contributed by atoms with Crippen LogP contribution in [-0.4, -0.2) is 59.0 Å². The maximum absolute atomic E-state index is 15.2. The molecule has 2 saturated heterocycles. The van der Waals surface area contributed by atoms with Crippen LogP contribution in [0.1, 0.15) is 76.2 Å². The molecule has 0 N–H and O–H groups in total. The number of benzene rings is 2. The minimum Gasteiger partial charge on any atom is -0.459 e. The fraction of sp³-hybridized carbons (Fsp3) is 0.567. The zero-order chi connectivity index (χ0) is 32.4. The molecule has 0 unspecified atom stereocenters. The van der Waals surface area contributed by atoms with Crippen LogP contribution in [0.15, 0.2) is 50.6 Å². The third-order valence-corrected chi connectivity index (χ3v) is 11.0. The summed E-state index contributed by atoms with van der Waals surface area (Å²) in [5.74, 6) is -0.623. The largest absolute Gasteiger partial charge is 0.494 e. The predicted octanol–water partition coefficient (Wildman–Crippen LogP) is 5.82. The van der Waals surface area contributed by atoms with E-state index in [1.807, 2.05) is 55.4 Å². The molecule has 0 saturated carbocycles. The van der Waals surface area contributed by atoms with E-state index in [2.05, 4.69) is 4.36 Å². The van der Waals surface area contributed by atoms with Crippen molar-refractivity contribution in [2.45, 2.75) is 114 Å². The molecule has 2 aromatic rings. The number of carbonyl (C=O) groups excluding carboxylic acids is 1. The highest BCUT2D eigenvalue weighted by atomic mass is 35.5. The Morgan fingerprint density at radius 1 is 0.744 bits per heavy atom. The van der Waals surface area contributed by atoms with Gasteiger partial charge in [-0.3, -0.25) is 4.79 Å². The van der Waals surface area contributed by atoms with Crippen molar-refractivity contribution in [3.63, 3.8) is 0 Å². The Bertz CT molecular complexity index is 1420. The first kappa shape index (κ1) is 34.3. The van der Waals surface area contributed by atoms with Crippen LogP contribution in [0, 0.1) is 0 Å². The third kappa shape index (κ3) is 7.13. The van der Waals surface area contributed by atoms with Crippen LogP contribution in [0.4, 0.5) is 0 Å². The molecule has 0 aliphatic carbocycles. The number of esters is 1. The lowest BCUT2D eigenvalue weighted by molar-refractivity contribution is -0.152. The fourth-order valence-electron chi connectivity index (χ4n) is 4.52. The van der Waals surface area contributed by atoms with E-state index in [-0.39, 0.29) is 9.79 Å². The summed E-state index contributed by atoms with van der Waals surface area (Å²) in [6, 6.07) is 9.90. The van der Waals surface area contributed by atoms with E-state index in [1.54, 1.807) is 57.2 Å². The van der Waals surface area contributed by atoms with Gasteiger partial charge in [0.05, 0.1) is 32.2 Å². The van der Waals surface area contributed by atoms with Crippen molar-refractivity contribution in [3.8, 4) is 0 Å². The summed E-state index contributed by atoms with van der Waals surface area (Å²) in [5.41, 5.74) is -2.03. The van der Waals surface area contributed by atoms with Crippen LogP contribution in [0.25, 0.3) is 0 Å². The van der Waals surface area contributed by atoms with Gasteiger partial charge < -0.3 is 23.4 Å². The summed E-state index contributed by atoms with van der Waals surface area (Å²) in [4.78, 5) is 13.3. The number of halogens is 2. The van der Waals surface area contributed by atoms with Gasteiger partial charge in [-0.05, 0) is 123 Å². The van der Waals surface area contributed by atoms with Crippen LogP contribution >= 0.6 is 23.2 Å². The van der Waals surface area contributed by atoms with Crippen molar-refractivity contribution in [3.05, 3.63) is 46.4 Å². The standard InChI is InChI=1S/C30H41B2Cl2NO7S/c1-26(2,3)38-25(36)18-35-43(37,23-14-19(12-21(33)16-23)31-39-27(4,5)28(6,7)40-31)24-15-20(13-22(34)17-24)32-41-29(8,9)30(10,11)42-32/h12-17H,18H2,1-11H3. The number of hydrogen-bond acceptors (Lipinski definition) is 8. The van der Waals surface area contributed by atoms with Gasteiger partial charge in [0.1, 0.15) is 21.9 Å². The van der Waals surface area contributed by atoms with Crippen molar-refractivity contribution in [1.82, 2.24) is 0 Å². The zero-order valence-electron chi connectivity index (χ0n) is 26.8. The lowest BCUT2D eigenvalue weighted by Gasteiger charge is -2.32. The van der Waals surface area contributed by atoms with Gasteiger partial charge in [0.15, 0.2) is 0 Å². The van der Waals surface area contributed by atoms with E-state index in [4.69, 9.17) is 46.6 Å². The molecule has 2 heterocycles. The Kier molecular flexibility index (Phi) is 9.04. The lowest BCUT2D eigenvalue weighted by Crippen LogP contribution is -2.41. The second kappa shape index (κ2) is 11.3. The molecule has 2 aliphatic heterocycles. The third-order valence-electron chi connectivity index (χ3n) is 8.27. The summed E-state index contributed by atoms with van der Waals surface area (Å²) in [6.45, 7) is 20.4. The molecule has 0 radical (unpaired) electrons. The summed E-state index contributed by atoms with van der Waals surface area (Å²) < 4.78 is 50.1. The van der Waals surface area contributed by atoms with Crippen molar-refractivity contribution >= 4 is 64.1 Å². The minimum absolute atomic E-state index is 0.260. The molecule has 2 aliphatic rings. The molecule has 4 rings (SSSR count). The van der Waals surface area contributed by atoms with E-state index in [0.29, 0.717) is 21.0 Å². The van der Waals surface area contributed by atoms with E-state index >= 15 is 4.21 Å². The second-order valence-electron chi connectivity index (χ2n) is 14.0. The van der Waals surface area contributed by atoms with Gasteiger partial charge in [0.25, 0.3) is 0 Å². The van der Waals surface area contributed by atoms with Gasteiger partial charge >= 0.3 is 20.2 Å². The maximum atomic E-state index is 15.2. The van der Waals surface area contributed by atoms with Gasteiger partial charge in [-0.1, -0.05) is 23.2 Å². The fourth-order valence-corrected chi connectivity index (χ4v) is 7.16. The first-order valence-electron chi connectivity index (χ1n) is 14.2. The predicted molar refractivity (Wildman–Crippen MR) is 172 cm³/mol. The molecule has 13 heteroatoms. The first-order valence-corrected chi connectivity index (χ1v) is 16.5. The average molecular weight is 652 g/mol.